The van der Waals surface area contributed by atoms with Gasteiger partial charge in [0.15, 0.2) is 0 Å². The summed E-state index contributed by atoms with van der Waals surface area (Å²) >= 11 is 5.91. The van der Waals surface area contributed by atoms with Crippen LogP contribution in [0.1, 0.15) is 11.9 Å². The van der Waals surface area contributed by atoms with E-state index in [9.17, 15) is 0 Å². The van der Waals surface area contributed by atoms with Gasteiger partial charge in [-0.25, -0.2) is 4.98 Å². The molecule has 0 aliphatic carbocycles. The molecule has 0 saturated carbocycles. The van der Waals surface area contributed by atoms with Gasteiger partial charge in [0, 0.05) is 0 Å². The van der Waals surface area contributed by atoms with Crippen LogP contribution in [0, 0.1) is 0 Å². The minimum atomic E-state index is 0.985. The van der Waals surface area contributed by atoms with Crippen molar-refractivity contribution in [3.05, 3.63) is 34.2 Å². The molecule has 0 aliphatic heterocycles. The minimum absolute atomic E-state index is 0.985. The lowest BCUT2D eigenvalue weighted by molar-refractivity contribution is 1.46. The number of thiazole rings is 1. The van der Waals surface area contributed by atoms with Crippen LogP contribution in [0.3, 0.4) is 0 Å². The summed E-state index contributed by atoms with van der Waals surface area (Å²) in [4.78, 5) is 5.43. The van der Waals surface area contributed by atoms with Crippen molar-refractivity contribution in [1.29, 1.82) is 0 Å². The molecule has 66 valence electrons. The Morgan fingerprint density at radius 1 is 1.46 bits per heavy atom. The molecule has 1 aromatic carbocycles. The highest BCUT2D eigenvalue weighted by Gasteiger charge is 1.99. The molecule has 1 heterocycles. The summed E-state index contributed by atoms with van der Waals surface area (Å²) in [6.45, 7) is 1.95. The molecule has 0 bridgehead atoms. The third-order valence-electron chi connectivity index (χ3n) is 1.64. The third-order valence-corrected chi connectivity index (χ3v) is 2.76. The Balaban J connectivity index is 2.56. The van der Waals surface area contributed by atoms with Gasteiger partial charge in [-0.3, -0.25) is 0 Å². The average Bonchev–Trinajstić information content (AvgIpc) is 2.44. The lowest BCUT2D eigenvalue weighted by Crippen LogP contribution is -1.68. The van der Waals surface area contributed by atoms with E-state index in [-0.39, 0.29) is 0 Å². The van der Waals surface area contributed by atoms with Crippen molar-refractivity contribution >= 4 is 40.3 Å². The van der Waals surface area contributed by atoms with Gasteiger partial charge in [0.05, 0.1) is 10.2 Å². The van der Waals surface area contributed by atoms with Crippen molar-refractivity contribution in [2.45, 2.75) is 6.92 Å². The average molecular weight is 207 g/mol. The zero-order valence-corrected chi connectivity index (χ0v) is 8.90. The fourth-order valence-corrected chi connectivity index (χ4v) is 2.31. The van der Waals surface area contributed by atoms with E-state index in [4.69, 9.17) is 0 Å². The van der Waals surface area contributed by atoms with Gasteiger partial charge in [0.2, 0.25) is 0 Å². The molecule has 3 heteroatoms. The summed E-state index contributed by atoms with van der Waals surface area (Å²) in [6.07, 6.45) is 1.98. The van der Waals surface area contributed by atoms with Crippen molar-refractivity contribution in [2.24, 2.45) is 0 Å². The number of hydrogen-bond donors (Lipinski definition) is 1. The first-order valence-corrected chi connectivity index (χ1v) is 5.25. The number of nitrogens with zero attached hydrogens (tertiary/aromatic N) is 1. The lowest BCUT2D eigenvalue weighted by Gasteiger charge is -1.83. The van der Waals surface area contributed by atoms with Crippen LogP contribution >= 0.6 is 24.0 Å². The van der Waals surface area contributed by atoms with Crippen LogP contribution in [0.15, 0.2) is 29.2 Å². The summed E-state index contributed by atoms with van der Waals surface area (Å²) in [5.41, 5.74) is 1.06. The summed E-state index contributed by atoms with van der Waals surface area (Å²) in [6, 6.07) is 8.14. The van der Waals surface area contributed by atoms with Crippen LogP contribution in [0.5, 0.6) is 0 Å². The van der Waals surface area contributed by atoms with Crippen molar-refractivity contribution < 1.29 is 0 Å². The highest BCUT2D eigenvalue weighted by atomic mass is 32.1. The van der Waals surface area contributed by atoms with Crippen molar-refractivity contribution in [2.75, 3.05) is 0 Å². The Labute approximate surface area is 86.5 Å². The molecule has 0 N–H and O–H groups in total. The second-order valence-electron chi connectivity index (χ2n) is 2.81. The molecule has 0 unspecified atom stereocenters. The lowest BCUT2D eigenvalue weighted by atomic mass is 10.3. The van der Waals surface area contributed by atoms with E-state index in [0.29, 0.717) is 0 Å². The van der Waals surface area contributed by atoms with Crippen molar-refractivity contribution in [1.82, 2.24) is 4.98 Å². The maximum Gasteiger partial charge on any atom is 0.118 e. The first kappa shape index (κ1) is 8.78. The van der Waals surface area contributed by atoms with Gasteiger partial charge in [-0.1, -0.05) is 12.1 Å². The fourth-order valence-electron chi connectivity index (χ4n) is 1.13. The predicted octanol–water partition coefficient (Wildman–Crippen LogP) is 3.59. The zero-order chi connectivity index (χ0) is 9.26. The molecule has 1 aromatic heterocycles. The van der Waals surface area contributed by atoms with E-state index >= 15 is 0 Å². The molecule has 0 spiro atoms. The number of allylic oxidation sites excluding steroid dienone is 1. The Bertz CT molecular complexity index is 420. The van der Waals surface area contributed by atoms with E-state index < -0.39 is 0 Å². The molecule has 0 radical (unpaired) electrons. The molecule has 0 aliphatic rings. The van der Waals surface area contributed by atoms with Gasteiger partial charge in [-0.15, -0.1) is 24.0 Å². The quantitative estimate of drug-likeness (QED) is 0.705. The summed E-state index contributed by atoms with van der Waals surface area (Å²) < 4.78 is 1.23. The van der Waals surface area contributed by atoms with Crippen LogP contribution < -0.4 is 0 Å². The van der Waals surface area contributed by atoms with Crippen molar-refractivity contribution in [3.63, 3.8) is 0 Å². The van der Waals surface area contributed by atoms with Gasteiger partial charge in [-0.2, -0.15) is 0 Å². The molecule has 13 heavy (non-hydrogen) atoms. The van der Waals surface area contributed by atoms with Crippen LogP contribution in [-0.4, -0.2) is 4.98 Å². The Morgan fingerprint density at radius 2 is 2.23 bits per heavy atom. The van der Waals surface area contributed by atoms with Crippen LogP contribution in [0.2, 0.25) is 0 Å². The molecule has 0 saturated heterocycles. The van der Waals surface area contributed by atoms with Crippen molar-refractivity contribution in [3.8, 4) is 0 Å². The maximum atomic E-state index is 4.45. The molecule has 0 atom stereocenters. The van der Waals surface area contributed by atoms with Gasteiger partial charge in [0.25, 0.3) is 0 Å². The summed E-state index contributed by atoms with van der Waals surface area (Å²) in [7, 11) is 0. The van der Waals surface area contributed by atoms with Gasteiger partial charge in [-0.05, 0) is 30.0 Å². The Morgan fingerprint density at radius 3 is 2.92 bits per heavy atom. The van der Waals surface area contributed by atoms with Gasteiger partial charge >= 0.3 is 0 Å². The first-order chi connectivity index (χ1) is 6.25. The Kier molecular flexibility index (Phi) is 2.38. The second kappa shape index (κ2) is 3.52. The second-order valence-corrected chi connectivity index (χ2v) is 4.57. The number of aromatic nitrogens is 1. The number of para-hydroxylation sites is 1. The smallest absolute Gasteiger partial charge is 0.118 e. The predicted molar refractivity (Wildman–Crippen MR) is 62.3 cm³/mol. The first-order valence-electron chi connectivity index (χ1n) is 3.98. The SMILES string of the molecule is C/C(S)=C/c1nc2ccccc2s1. The van der Waals surface area contributed by atoms with E-state index in [0.717, 1.165) is 15.4 Å². The molecule has 1 nitrogen and oxygen atoms in total. The van der Waals surface area contributed by atoms with E-state index in [1.165, 1.54) is 4.70 Å². The number of hydrogen-bond acceptors (Lipinski definition) is 3. The molecule has 2 aromatic rings. The maximum absolute atomic E-state index is 4.45. The van der Waals surface area contributed by atoms with Crippen LogP contribution in [-0.2, 0) is 0 Å². The van der Waals surface area contributed by atoms with Crippen LogP contribution in [0.4, 0.5) is 0 Å². The monoisotopic (exact) mass is 207 g/mol. The van der Waals surface area contributed by atoms with E-state index in [1.54, 1.807) is 11.3 Å². The zero-order valence-electron chi connectivity index (χ0n) is 7.19. The topological polar surface area (TPSA) is 12.9 Å². The summed E-state index contributed by atoms with van der Waals surface area (Å²) in [5.74, 6) is 0. The third kappa shape index (κ3) is 1.92. The normalized spacial score (nSPS) is 12.3. The summed E-state index contributed by atoms with van der Waals surface area (Å²) in [5, 5.41) is 1.02. The molecule has 0 amide bonds. The highest BCUT2D eigenvalue weighted by Crippen LogP contribution is 2.23. The number of rotatable bonds is 1. The van der Waals surface area contributed by atoms with E-state index in [2.05, 4.69) is 23.7 Å². The van der Waals surface area contributed by atoms with Crippen LogP contribution in [0.25, 0.3) is 16.3 Å². The number of benzene rings is 1. The highest BCUT2D eigenvalue weighted by molar-refractivity contribution is 7.84. The standard InChI is InChI=1S/C10H9NS2/c1-7(12)6-10-11-8-4-2-3-5-9(8)13-10/h2-6,12H,1H3/b7-6-. The number of fused-ring (bicyclic) bond motifs is 1. The number of thiol groups is 1. The largest absolute Gasteiger partial charge is 0.237 e. The molecule has 2 rings (SSSR count). The minimum Gasteiger partial charge on any atom is -0.237 e. The molecular formula is C10H9NS2. The Hall–Kier alpha value is -0.800. The molecular weight excluding hydrogens is 198 g/mol. The molecule has 0 fully saturated rings. The van der Waals surface area contributed by atoms with Gasteiger partial charge < -0.3 is 0 Å². The fraction of sp³-hybridized carbons (Fsp3) is 0.100. The van der Waals surface area contributed by atoms with E-state index in [1.807, 2.05) is 31.2 Å². The van der Waals surface area contributed by atoms with Gasteiger partial charge in [0.1, 0.15) is 5.01 Å².